The van der Waals surface area contributed by atoms with E-state index in [9.17, 15) is 28.1 Å². The second-order valence-electron chi connectivity index (χ2n) is 4.76. The van der Waals surface area contributed by atoms with E-state index >= 15 is 0 Å². The topological polar surface area (TPSA) is 72.7 Å². The molecule has 1 aliphatic rings. The molecule has 1 aliphatic heterocycles. The number of fused-ring (bicyclic) bond motifs is 1. The number of rotatable bonds is 2. The van der Waals surface area contributed by atoms with Gasteiger partial charge in [-0.05, 0) is 0 Å². The summed E-state index contributed by atoms with van der Waals surface area (Å²) in [7, 11) is 0. The van der Waals surface area contributed by atoms with Crippen LogP contribution in [0.3, 0.4) is 0 Å². The van der Waals surface area contributed by atoms with Gasteiger partial charge >= 0.3 is 6.18 Å². The molecule has 1 aromatic heterocycles. The molecule has 2 heterocycles. The van der Waals surface area contributed by atoms with Crippen LogP contribution < -0.4 is 8.96 Å². The first-order chi connectivity index (χ1) is 10.8. The predicted molar refractivity (Wildman–Crippen MR) is 80.7 cm³/mol. The maximum Gasteiger partial charge on any atom is 0.418 e. The number of ether oxygens (including phenoxy) is 1. The van der Waals surface area contributed by atoms with Crippen LogP contribution in [0.2, 0.25) is 0 Å². The van der Waals surface area contributed by atoms with Crippen molar-refractivity contribution in [2.45, 2.75) is 6.18 Å². The van der Waals surface area contributed by atoms with Crippen molar-refractivity contribution >= 4 is 43.4 Å². The maximum atomic E-state index is 13.2. The highest BCUT2D eigenvalue weighted by Crippen LogP contribution is 2.46. The summed E-state index contributed by atoms with van der Waals surface area (Å²) >= 11 is 1.08. The van der Waals surface area contributed by atoms with Gasteiger partial charge in [0.25, 0.3) is 9.74 Å². The van der Waals surface area contributed by atoms with Gasteiger partial charge in [0.2, 0.25) is 0 Å². The van der Waals surface area contributed by atoms with Gasteiger partial charge < -0.3 is 9.64 Å². The van der Waals surface area contributed by atoms with E-state index in [1.165, 1.54) is 0 Å². The first-order valence-corrected chi connectivity index (χ1v) is 8.07. The summed E-state index contributed by atoms with van der Waals surface area (Å²) in [5.74, 6) is 0. The van der Waals surface area contributed by atoms with Crippen molar-refractivity contribution < 1.29 is 22.8 Å². The molecule has 0 N–H and O–H groups in total. The summed E-state index contributed by atoms with van der Waals surface area (Å²) in [4.78, 5) is 23.7. The van der Waals surface area contributed by atoms with Crippen molar-refractivity contribution in [3.05, 3.63) is 30.6 Å². The number of nitrogens with zero attached hydrogens (tertiary/aromatic N) is 2. The van der Waals surface area contributed by atoms with E-state index in [0.717, 1.165) is 0 Å². The molecule has 1 aromatic carbocycles. The molecule has 1 saturated heterocycles. The van der Waals surface area contributed by atoms with Gasteiger partial charge in [-0.2, -0.15) is 13.2 Å². The van der Waals surface area contributed by atoms with Crippen molar-refractivity contribution in [2.75, 3.05) is 31.2 Å². The zero-order valence-electron chi connectivity index (χ0n) is 11.4. The second-order valence-corrected chi connectivity index (χ2v) is 6.98. The Labute approximate surface area is 134 Å². The standard InChI is InChI=1S/C12H9F3N2O4S2/c13-12(14,15)6-5-7(17(19)20)8(16-1-3-21-4-2-16)10-9(6)22-11(18)23-10/h5H,1-4H2. The number of nitro benzene ring substituents is 1. The van der Waals surface area contributed by atoms with E-state index in [4.69, 9.17) is 4.74 Å². The third-order valence-electron chi connectivity index (χ3n) is 3.39. The molecule has 23 heavy (non-hydrogen) atoms. The number of morpholine rings is 1. The van der Waals surface area contributed by atoms with E-state index < -0.39 is 26.4 Å². The molecule has 124 valence electrons. The monoisotopic (exact) mass is 366 g/mol. The zero-order valence-corrected chi connectivity index (χ0v) is 13.0. The van der Waals surface area contributed by atoms with Crippen LogP contribution in [0.15, 0.2) is 10.9 Å². The second kappa shape index (κ2) is 5.73. The molecule has 0 radical (unpaired) electrons. The Kier molecular flexibility index (Phi) is 4.02. The van der Waals surface area contributed by atoms with Crippen molar-refractivity contribution in [3.63, 3.8) is 0 Å². The van der Waals surface area contributed by atoms with Gasteiger partial charge in [-0.3, -0.25) is 14.9 Å². The number of hydrogen-bond acceptors (Lipinski definition) is 7. The third kappa shape index (κ3) is 2.91. The molecular formula is C12H9F3N2O4S2. The van der Waals surface area contributed by atoms with E-state index in [1.54, 1.807) is 4.90 Å². The first-order valence-electron chi connectivity index (χ1n) is 6.44. The average molecular weight is 366 g/mol. The minimum Gasteiger partial charge on any atom is -0.378 e. The highest BCUT2D eigenvalue weighted by Gasteiger charge is 2.38. The van der Waals surface area contributed by atoms with Crippen molar-refractivity contribution in [3.8, 4) is 0 Å². The highest BCUT2D eigenvalue weighted by atomic mass is 32.2. The van der Waals surface area contributed by atoms with Crippen LogP contribution in [0.25, 0.3) is 9.40 Å². The van der Waals surface area contributed by atoms with Crippen molar-refractivity contribution in [2.24, 2.45) is 0 Å². The summed E-state index contributed by atoms with van der Waals surface area (Å²) in [5, 5.41) is 11.3. The number of anilines is 1. The van der Waals surface area contributed by atoms with E-state index in [2.05, 4.69) is 0 Å². The number of alkyl halides is 3. The van der Waals surface area contributed by atoms with Gasteiger partial charge in [0.1, 0.15) is 5.69 Å². The van der Waals surface area contributed by atoms with Crippen LogP contribution >= 0.6 is 22.7 Å². The molecule has 0 saturated carbocycles. The average Bonchev–Trinajstić information content (AvgIpc) is 2.85. The summed E-state index contributed by atoms with van der Waals surface area (Å²) in [6.07, 6.45) is -4.77. The van der Waals surface area contributed by atoms with E-state index in [1.807, 2.05) is 0 Å². The molecule has 2 aromatic rings. The minimum absolute atomic E-state index is 0.0171. The number of hydrogen-bond donors (Lipinski definition) is 0. The largest absolute Gasteiger partial charge is 0.418 e. The SMILES string of the molecule is O=c1sc2c(C(F)(F)F)cc([N+](=O)[O-])c(N3CCOCC3)c2s1. The molecule has 11 heteroatoms. The van der Waals surface area contributed by atoms with Gasteiger partial charge in [-0.1, -0.05) is 22.7 Å². The molecule has 0 unspecified atom stereocenters. The summed E-state index contributed by atoms with van der Waals surface area (Å²) < 4.78 is 44.0. The van der Waals surface area contributed by atoms with Crippen LogP contribution in [-0.2, 0) is 10.9 Å². The first kappa shape index (κ1) is 16.1. The highest BCUT2D eigenvalue weighted by molar-refractivity contribution is 7.36. The third-order valence-corrected chi connectivity index (χ3v) is 5.58. The Hall–Kier alpha value is -1.72. The predicted octanol–water partition coefficient (Wildman–Crippen LogP) is 3.09. The molecule has 0 amide bonds. The van der Waals surface area contributed by atoms with E-state index in [0.29, 0.717) is 55.0 Å². The van der Waals surface area contributed by atoms with Crippen molar-refractivity contribution in [1.29, 1.82) is 0 Å². The lowest BCUT2D eigenvalue weighted by Gasteiger charge is -2.29. The molecule has 0 atom stereocenters. The lowest BCUT2D eigenvalue weighted by molar-refractivity contribution is -0.384. The lowest BCUT2D eigenvalue weighted by atomic mass is 10.1. The molecule has 6 nitrogen and oxygen atoms in total. The maximum absolute atomic E-state index is 13.2. The van der Waals surface area contributed by atoms with E-state index in [-0.39, 0.29) is 15.1 Å². The smallest absolute Gasteiger partial charge is 0.378 e. The number of benzene rings is 1. The Morgan fingerprint density at radius 2 is 1.83 bits per heavy atom. The normalized spacial score (nSPS) is 16.0. The lowest BCUT2D eigenvalue weighted by Crippen LogP contribution is -2.36. The molecule has 3 rings (SSSR count). The fraction of sp³-hybridized carbons (Fsp3) is 0.417. The molecule has 1 fully saturated rings. The zero-order chi connectivity index (χ0) is 16.8. The number of halogens is 3. The fourth-order valence-electron chi connectivity index (χ4n) is 2.44. The number of nitro groups is 1. The molecule has 0 bridgehead atoms. The Morgan fingerprint density at radius 1 is 1.22 bits per heavy atom. The summed E-state index contributed by atoms with van der Waals surface area (Å²) in [5.41, 5.74) is -1.70. The Morgan fingerprint density at radius 3 is 2.39 bits per heavy atom. The van der Waals surface area contributed by atoms with Gasteiger partial charge in [0.15, 0.2) is 0 Å². The van der Waals surface area contributed by atoms with Gasteiger partial charge in [0.05, 0.1) is 33.1 Å². The van der Waals surface area contributed by atoms with Gasteiger partial charge in [0, 0.05) is 19.2 Å². The summed E-state index contributed by atoms with van der Waals surface area (Å²) in [6.45, 7) is 1.27. The van der Waals surface area contributed by atoms with Gasteiger partial charge in [-0.15, -0.1) is 0 Å². The fourth-order valence-corrected chi connectivity index (χ4v) is 4.70. The van der Waals surface area contributed by atoms with Crippen LogP contribution in [-0.4, -0.2) is 31.2 Å². The van der Waals surface area contributed by atoms with Crippen LogP contribution in [0, 0.1) is 10.1 Å². The quantitative estimate of drug-likeness (QED) is 0.603. The molecular weight excluding hydrogens is 357 g/mol. The summed E-state index contributed by atoms with van der Waals surface area (Å²) in [6, 6.07) is 0.524. The minimum atomic E-state index is -4.77. The Balaban J connectivity index is 2.35. The van der Waals surface area contributed by atoms with Crippen LogP contribution in [0.5, 0.6) is 0 Å². The Bertz CT molecular complexity index is 824. The van der Waals surface area contributed by atoms with Crippen molar-refractivity contribution in [1.82, 2.24) is 0 Å². The van der Waals surface area contributed by atoms with Crippen LogP contribution in [0.1, 0.15) is 5.56 Å². The molecule has 0 aliphatic carbocycles. The van der Waals surface area contributed by atoms with Gasteiger partial charge in [-0.25, -0.2) is 0 Å². The van der Waals surface area contributed by atoms with Crippen LogP contribution in [0.4, 0.5) is 24.5 Å². The molecule has 0 spiro atoms.